The quantitative estimate of drug-likeness (QED) is 0.779. The van der Waals surface area contributed by atoms with E-state index in [-0.39, 0.29) is 5.91 Å². The molecule has 0 aliphatic heterocycles. The molecule has 2 saturated carbocycles. The Balaban J connectivity index is 1.94. The fourth-order valence-corrected chi connectivity index (χ4v) is 3.60. The van der Waals surface area contributed by atoms with Gasteiger partial charge in [0.1, 0.15) is 5.41 Å². The molecule has 2 aliphatic carbocycles. The zero-order valence-electron chi connectivity index (χ0n) is 11.5. The molecule has 3 atom stereocenters. The molecule has 3 unspecified atom stereocenters. The van der Waals surface area contributed by atoms with Gasteiger partial charge in [-0.05, 0) is 50.9 Å². The Morgan fingerprint density at radius 3 is 2.39 bits per heavy atom. The van der Waals surface area contributed by atoms with Crippen molar-refractivity contribution in [1.82, 2.24) is 4.90 Å². The highest BCUT2D eigenvalue weighted by molar-refractivity contribution is 6.00. The van der Waals surface area contributed by atoms with Crippen LogP contribution in [0.1, 0.15) is 39.5 Å². The molecule has 0 aromatic heterocycles. The van der Waals surface area contributed by atoms with Crippen molar-refractivity contribution in [2.45, 2.75) is 39.5 Å². The summed E-state index contributed by atoms with van der Waals surface area (Å²) in [5.74, 6) is 0.876. The van der Waals surface area contributed by atoms with E-state index in [9.17, 15) is 9.59 Å². The van der Waals surface area contributed by atoms with Gasteiger partial charge >= 0.3 is 5.97 Å². The van der Waals surface area contributed by atoms with Crippen LogP contribution in [0.5, 0.6) is 0 Å². The number of carbonyl (C=O) groups excluding carboxylic acids is 1. The van der Waals surface area contributed by atoms with Crippen LogP contribution in [-0.2, 0) is 9.59 Å². The lowest BCUT2D eigenvalue weighted by atomic mass is 9.87. The summed E-state index contributed by atoms with van der Waals surface area (Å²) in [6.07, 6.45) is 5.17. The number of carboxylic acids is 1. The number of rotatable bonds is 4. The molecule has 2 fully saturated rings. The van der Waals surface area contributed by atoms with Crippen LogP contribution in [0.3, 0.4) is 0 Å². The maximum Gasteiger partial charge on any atom is 0.318 e. The molecule has 0 saturated heterocycles. The molecule has 18 heavy (non-hydrogen) atoms. The Kier molecular flexibility index (Phi) is 3.39. The number of aliphatic carboxylic acids is 1. The summed E-state index contributed by atoms with van der Waals surface area (Å²) < 4.78 is 0. The van der Waals surface area contributed by atoms with E-state index in [0.717, 1.165) is 18.4 Å². The van der Waals surface area contributed by atoms with Gasteiger partial charge in [-0.2, -0.15) is 0 Å². The molecular weight excluding hydrogens is 230 g/mol. The second kappa shape index (κ2) is 4.56. The van der Waals surface area contributed by atoms with Gasteiger partial charge in [0.25, 0.3) is 0 Å². The van der Waals surface area contributed by atoms with Crippen LogP contribution in [0.15, 0.2) is 0 Å². The van der Waals surface area contributed by atoms with Crippen molar-refractivity contribution in [1.29, 1.82) is 0 Å². The normalized spacial score (nSPS) is 30.5. The van der Waals surface area contributed by atoms with Crippen LogP contribution in [0.4, 0.5) is 0 Å². The predicted molar refractivity (Wildman–Crippen MR) is 68.0 cm³/mol. The number of carboxylic acid groups (broad SMARTS) is 1. The fourth-order valence-electron chi connectivity index (χ4n) is 3.60. The molecule has 4 heteroatoms. The highest BCUT2D eigenvalue weighted by Crippen LogP contribution is 2.48. The van der Waals surface area contributed by atoms with Gasteiger partial charge in [0, 0.05) is 13.6 Å². The molecule has 2 bridgehead atoms. The van der Waals surface area contributed by atoms with Crippen LogP contribution in [-0.4, -0.2) is 35.5 Å². The first-order valence-electron chi connectivity index (χ1n) is 6.81. The third-order valence-corrected chi connectivity index (χ3v) is 4.81. The smallest absolute Gasteiger partial charge is 0.318 e. The Morgan fingerprint density at radius 2 is 1.94 bits per heavy atom. The first-order valence-corrected chi connectivity index (χ1v) is 6.81. The molecule has 0 radical (unpaired) electrons. The second-order valence-corrected chi connectivity index (χ2v) is 6.55. The lowest BCUT2D eigenvalue weighted by molar-refractivity contribution is -0.157. The summed E-state index contributed by atoms with van der Waals surface area (Å²) in [4.78, 5) is 24.9. The summed E-state index contributed by atoms with van der Waals surface area (Å²) in [5, 5.41) is 9.08. The van der Waals surface area contributed by atoms with E-state index in [0.29, 0.717) is 5.92 Å². The van der Waals surface area contributed by atoms with Crippen LogP contribution in [0.25, 0.3) is 0 Å². The van der Waals surface area contributed by atoms with E-state index in [1.54, 1.807) is 11.9 Å². The fraction of sp³-hybridized carbons (Fsp3) is 0.857. The molecule has 0 aromatic rings. The summed E-state index contributed by atoms with van der Waals surface area (Å²) in [6.45, 7) is 3.68. The minimum atomic E-state index is -1.31. The highest BCUT2D eigenvalue weighted by Gasteiger charge is 2.43. The summed E-state index contributed by atoms with van der Waals surface area (Å²) >= 11 is 0. The first kappa shape index (κ1) is 13.4. The van der Waals surface area contributed by atoms with E-state index in [1.165, 1.54) is 39.5 Å². The number of amides is 1. The SMILES string of the molecule is CN(CC1CC2CCC1C2)C(=O)C(C)(C)C(=O)O. The first-order chi connectivity index (χ1) is 8.32. The van der Waals surface area contributed by atoms with Crippen molar-refractivity contribution < 1.29 is 14.7 Å². The Bertz CT molecular complexity index is 364. The zero-order chi connectivity index (χ0) is 13.5. The number of hydrogen-bond donors (Lipinski definition) is 1. The van der Waals surface area contributed by atoms with Crippen molar-refractivity contribution in [2.24, 2.45) is 23.2 Å². The molecule has 0 heterocycles. The molecule has 0 spiro atoms. The monoisotopic (exact) mass is 253 g/mol. The standard InChI is InChI=1S/C14H23NO3/c1-14(2,13(17)18)12(16)15(3)8-11-7-9-4-5-10(11)6-9/h9-11H,4-8H2,1-3H3,(H,17,18). The lowest BCUT2D eigenvalue weighted by Crippen LogP contribution is -2.45. The molecule has 102 valence electrons. The lowest BCUT2D eigenvalue weighted by Gasteiger charge is -2.31. The maximum atomic E-state index is 12.1. The number of nitrogens with zero attached hydrogens (tertiary/aromatic N) is 1. The Hall–Kier alpha value is -1.06. The average Bonchev–Trinajstić information content (AvgIpc) is 2.89. The van der Waals surface area contributed by atoms with E-state index < -0.39 is 11.4 Å². The van der Waals surface area contributed by atoms with Gasteiger partial charge in [-0.3, -0.25) is 9.59 Å². The van der Waals surface area contributed by atoms with Gasteiger partial charge in [-0.25, -0.2) is 0 Å². The van der Waals surface area contributed by atoms with Gasteiger partial charge in [0.2, 0.25) is 5.91 Å². The minimum absolute atomic E-state index is 0.280. The van der Waals surface area contributed by atoms with Gasteiger partial charge in [-0.15, -0.1) is 0 Å². The molecule has 0 aromatic carbocycles. The van der Waals surface area contributed by atoms with Crippen LogP contribution < -0.4 is 0 Å². The van der Waals surface area contributed by atoms with Gasteiger partial charge in [0.05, 0.1) is 0 Å². The largest absolute Gasteiger partial charge is 0.480 e. The molecular formula is C14H23NO3. The summed E-state index contributed by atoms with van der Waals surface area (Å²) in [6, 6.07) is 0. The third-order valence-electron chi connectivity index (χ3n) is 4.81. The number of fused-ring (bicyclic) bond motifs is 2. The van der Waals surface area contributed by atoms with E-state index in [4.69, 9.17) is 5.11 Å². The minimum Gasteiger partial charge on any atom is -0.480 e. The summed E-state index contributed by atoms with van der Waals surface area (Å²) in [7, 11) is 1.74. The van der Waals surface area contributed by atoms with E-state index in [2.05, 4.69) is 0 Å². The molecule has 1 amide bonds. The second-order valence-electron chi connectivity index (χ2n) is 6.55. The van der Waals surface area contributed by atoms with Crippen molar-refractivity contribution in [2.75, 3.05) is 13.6 Å². The Labute approximate surface area is 108 Å². The molecule has 2 aliphatic rings. The van der Waals surface area contributed by atoms with Crippen molar-refractivity contribution >= 4 is 11.9 Å². The number of hydrogen-bond acceptors (Lipinski definition) is 2. The molecule has 4 nitrogen and oxygen atoms in total. The maximum absolute atomic E-state index is 12.1. The number of carbonyl (C=O) groups is 2. The van der Waals surface area contributed by atoms with Crippen molar-refractivity contribution in [3.05, 3.63) is 0 Å². The van der Waals surface area contributed by atoms with Crippen LogP contribution >= 0.6 is 0 Å². The summed E-state index contributed by atoms with van der Waals surface area (Å²) in [5.41, 5.74) is -1.31. The third kappa shape index (κ3) is 2.25. The molecule has 2 rings (SSSR count). The topological polar surface area (TPSA) is 57.6 Å². The predicted octanol–water partition coefficient (Wildman–Crippen LogP) is 1.99. The van der Waals surface area contributed by atoms with Crippen LogP contribution in [0, 0.1) is 23.2 Å². The van der Waals surface area contributed by atoms with E-state index in [1.807, 2.05) is 0 Å². The highest BCUT2D eigenvalue weighted by atomic mass is 16.4. The van der Waals surface area contributed by atoms with Gasteiger partial charge in [0.15, 0.2) is 0 Å². The molecule has 1 N–H and O–H groups in total. The van der Waals surface area contributed by atoms with E-state index >= 15 is 0 Å². The van der Waals surface area contributed by atoms with Crippen molar-refractivity contribution in [3.63, 3.8) is 0 Å². The zero-order valence-corrected chi connectivity index (χ0v) is 11.5. The van der Waals surface area contributed by atoms with Crippen molar-refractivity contribution in [3.8, 4) is 0 Å². The van der Waals surface area contributed by atoms with Crippen LogP contribution in [0.2, 0.25) is 0 Å². The van der Waals surface area contributed by atoms with Gasteiger partial charge < -0.3 is 10.0 Å². The van der Waals surface area contributed by atoms with Gasteiger partial charge in [-0.1, -0.05) is 6.42 Å². The average molecular weight is 253 g/mol. The Morgan fingerprint density at radius 1 is 1.28 bits per heavy atom.